The van der Waals surface area contributed by atoms with Gasteiger partial charge in [-0.1, -0.05) is 18.6 Å². The highest BCUT2D eigenvalue weighted by Gasteiger charge is 2.47. The summed E-state index contributed by atoms with van der Waals surface area (Å²) in [5, 5.41) is 0. The first-order valence-electron chi connectivity index (χ1n) is 7.04. The third-order valence-electron chi connectivity index (χ3n) is 4.44. The van der Waals surface area contributed by atoms with Crippen LogP contribution in [0.5, 0.6) is 0 Å². The summed E-state index contributed by atoms with van der Waals surface area (Å²) in [6.07, 6.45) is 7.49. The Morgan fingerprint density at radius 1 is 0.842 bits per heavy atom. The number of rotatable bonds is 2. The van der Waals surface area contributed by atoms with Crippen molar-refractivity contribution in [2.24, 2.45) is 23.7 Å². The predicted octanol–water partition coefficient (Wildman–Crippen LogP) is 1.38. The zero-order valence-corrected chi connectivity index (χ0v) is 12.3. The van der Waals surface area contributed by atoms with Crippen LogP contribution in [0.2, 0.25) is 0 Å². The lowest BCUT2D eigenvalue weighted by Gasteiger charge is -2.37. The van der Waals surface area contributed by atoms with Gasteiger partial charge in [-0.05, 0) is 24.7 Å². The second kappa shape index (κ2) is 5.35. The van der Waals surface area contributed by atoms with Crippen molar-refractivity contribution in [1.82, 2.24) is 9.80 Å². The van der Waals surface area contributed by atoms with Crippen LogP contribution >= 0.6 is 0 Å². The van der Waals surface area contributed by atoms with E-state index in [1.807, 2.05) is 0 Å². The minimum absolute atomic E-state index is 0.0986. The molecule has 0 aromatic carbocycles. The Hall–Kier alpha value is -1.32. The summed E-state index contributed by atoms with van der Waals surface area (Å²) in [4.78, 5) is 28.3. The molecule has 106 valence electrons. The highest BCUT2D eigenvalue weighted by Crippen LogP contribution is 2.44. The average Bonchev–Trinajstić information content (AvgIpc) is 2.69. The Bertz CT molecular complexity index is 365. The van der Waals surface area contributed by atoms with E-state index in [1.165, 1.54) is 0 Å². The van der Waals surface area contributed by atoms with E-state index < -0.39 is 0 Å². The molecule has 3 rings (SSSR count). The molecule has 4 heteroatoms. The van der Waals surface area contributed by atoms with Gasteiger partial charge >= 0.3 is 0 Å². The molecule has 0 N–H and O–H groups in total. The summed E-state index contributed by atoms with van der Waals surface area (Å²) in [5.74, 6) is 0.290. The molecule has 2 amide bonds. The Labute approximate surface area is 115 Å². The smallest absolute Gasteiger partial charge is 0.226 e. The van der Waals surface area contributed by atoms with Crippen LogP contribution in [0.3, 0.4) is 0 Å². The van der Waals surface area contributed by atoms with E-state index in [9.17, 15) is 9.59 Å². The van der Waals surface area contributed by atoms with Gasteiger partial charge in [0, 0.05) is 28.2 Å². The standard InChI is InChI=1S/C15H24N2O2/c1-16(2)14(18)12-10-6-5-7-11(9-8-10)13(12)15(19)17(3)4/h8-13H,5-7H2,1-4H3/t10-,11-,12-,13+/m1/s1. The molecule has 3 aliphatic rings. The van der Waals surface area contributed by atoms with Crippen molar-refractivity contribution in [3.63, 3.8) is 0 Å². The number of hydrogen-bond acceptors (Lipinski definition) is 2. The second-order valence-corrected chi connectivity index (χ2v) is 6.16. The van der Waals surface area contributed by atoms with Gasteiger partial charge < -0.3 is 9.80 Å². The van der Waals surface area contributed by atoms with E-state index in [-0.39, 0.29) is 35.5 Å². The quantitative estimate of drug-likeness (QED) is 0.707. The maximum absolute atomic E-state index is 12.5. The van der Waals surface area contributed by atoms with Crippen molar-refractivity contribution in [2.75, 3.05) is 28.2 Å². The van der Waals surface area contributed by atoms with Gasteiger partial charge in [-0.3, -0.25) is 9.59 Å². The molecule has 2 bridgehead atoms. The van der Waals surface area contributed by atoms with Crippen LogP contribution in [0.15, 0.2) is 12.2 Å². The molecule has 0 heterocycles. The van der Waals surface area contributed by atoms with Crippen molar-refractivity contribution in [3.05, 3.63) is 12.2 Å². The largest absolute Gasteiger partial charge is 0.349 e. The van der Waals surface area contributed by atoms with Crippen LogP contribution in [-0.2, 0) is 9.59 Å². The number of hydrogen-bond donors (Lipinski definition) is 0. The molecule has 0 unspecified atom stereocenters. The molecule has 0 aromatic rings. The van der Waals surface area contributed by atoms with Crippen molar-refractivity contribution < 1.29 is 9.59 Å². The second-order valence-electron chi connectivity index (χ2n) is 6.16. The molecule has 4 atom stereocenters. The highest BCUT2D eigenvalue weighted by molar-refractivity contribution is 5.88. The molecular formula is C15H24N2O2. The van der Waals surface area contributed by atoms with Gasteiger partial charge in [0.15, 0.2) is 0 Å². The fourth-order valence-corrected chi connectivity index (χ4v) is 3.47. The van der Waals surface area contributed by atoms with Crippen molar-refractivity contribution in [2.45, 2.75) is 19.3 Å². The van der Waals surface area contributed by atoms with Crippen LogP contribution in [0.4, 0.5) is 0 Å². The summed E-state index contributed by atoms with van der Waals surface area (Å²) >= 11 is 0. The Morgan fingerprint density at radius 2 is 1.21 bits per heavy atom. The fourth-order valence-electron chi connectivity index (χ4n) is 3.47. The topological polar surface area (TPSA) is 40.6 Å². The molecule has 19 heavy (non-hydrogen) atoms. The summed E-state index contributed by atoms with van der Waals surface area (Å²) in [6, 6.07) is 0. The fraction of sp³-hybridized carbons (Fsp3) is 0.733. The Morgan fingerprint density at radius 3 is 1.53 bits per heavy atom. The summed E-state index contributed by atoms with van der Waals surface area (Å²) in [5.41, 5.74) is 0. The molecule has 0 saturated heterocycles. The van der Waals surface area contributed by atoms with Crippen LogP contribution in [0, 0.1) is 23.7 Å². The average molecular weight is 264 g/mol. The Kier molecular flexibility index (Phi) is 3.97. The summed E-state index contributed by atoms with van der Waals surface area (Å²) in [6.45, 7) is 0. The molecule has 0 spiro atoms. The van der Waals surface area contributed by atoms with Gasteiger partial charge in [-0.15, -0.1) is 0 Å². The zero-order chi connectivity index (χ0) is 14.2. The monoisotopic (exact) mass is 264 g/mol. The van der Waals surface area contributed by atoms with E-state index in [2.05, 4.69) is 12.2 Å². The number of allylic oxidation sites excluding steroid dienone is 2. The molecular weight excluding hydrogens is 240 g/mol. The lowest BCUT2D eigenvalue weighted by molar-refractivity contribution is -0.147. The van der Waals surface area contributed by atoms with Gasteiger partial charge in [0.1, 0.15) is 0 Å². The number of carbonyl (C=O) groups is 2. The first-order valence-corrected chi connectivity index (χ1v) is 7.04. The minimum Gasteiger partial charge on any atom is -0.349 e. The summed E-state index contributed by atoms with van der Waals surface area (Å²) < 4.78 is 0. The number of fused-ring (bicyclic) bond motifs is 3. The highest BCUT2D eigenvalue weighted by atomic mass is 16.2. The van der Waals surface area contributed by atoms with Gasteiger partial charge in [0.2, 0.25) is 11.8 Å². The SMILES string of the molecule is CN(C)C(=O)[C@@H]1[C@H](C(=O)N(C)C)[C@H]2C=C[C@H]1CCC2. The molecule has 0 radical (unpaired) electrons. The molecule has 0 aliphatic heterocycles. The summed E-state index contributed by atoms with van der Waals surface area (Å²) in [7, 11) is 7.12. The van der Waals surface area contributed by atoms with Crippen LogP contribution in [0.1, 0.15) is 19.3 Å². The third kappa shape index (κ3) is 2.53. The normalized spacial score (nSPS) is 32.8. The van der Waals surface area contributed by atoms with E-state index >= 15 is 0 Å². The molecule has 4 nitrogen and oxygen atoms in total. The van der Waals surface area contributed by atoms with Crippen LogP contribution in [0.25, 0.3) is 0 Å². The predicted molar refractivity (Wildman–Crippen MR) is 74.3 cm³/mol. The maximum Gasteiger partial charge on any atom is 0.226 e. The van der Waals surface area contributed by atoms with Crippen LogP contribution in [-0.4, -0.2) is 49.8 Å². The van der Waals surface area contributed by atoms with E-state index in [4.69, 9.17) is 0 Å². The first kappa shape index (κ1) is 14.1. The van der Waals surface area contributed by atoms with E-state index in [0.717, 1.165) is 19.3 Å². The van der Waals surface area contributed by atoms with Crippen molar-refractivity contribution >= 4 is 11.8 Å². The lowest BCUT2D eigenvalue weighted by atomic mass is 9.70. The van der Waals surface area contributed by atoms with Crippen molar-refractivity contribution in [3.8, 4) is 0 Å². The van der Waals surface area contributed by atoms with Gasteiger partial charge in [-0.2, -0.15) is 0 Å². The molecule has 1 saturated carbocycles. The van der Waals surface area contributed by atoms with Gasteiger partial charge in [-0.25, -0.2) is 0 Å². The van der Waals surface area contributed by atoms with E-state index in [1.54, 1.807) is 38.0 Å². The maximum atomic E-state index is 12.5. The van der Waals surface area contributed by atoms with Gasteiger partial charge in [0.25, 0.3) is 0 Å². The minimum atomic E-state index is -0.178. The zero-order valence-electron chi connectivity index (χ0n) is 12.3. The van der Waals surface area contributed by atoms with E-state index in [0.29, 0.717) is 0 Å². The van der Waals surface area contributed by atoms with Crippen LogP contribution < -0.4 is 0 Å². The third-order valence-corrected chi connectivity index (χ3v) is 4.44. The number of amides is 2. The first-order chi connectivity index (χ1) is 8.93. The lowest BCUT2D eigenvalue weighted by Crippen LogP contribution is -2.47. The molecule has 3 aliphatic carbocycles. The Balaban J connectivity index is 2.37. The molecule has 1 fully saturated rings. The number of carbonyl (C=O) groups excluding carboxylic acids is 2. The van der Waals surface area contributed by atoms with Gasteiger partial charge in [0.05, 0.1) is 11.8 Å². The number of nitrogens with zero attached hydrogens (tertiary/aromatic N) is 2. The molecule has 0 aromatic heterocycles. The van der Waals surface area contributed by atoms with Crippen molar-refractivity contribution in [1.29, 1.82) is 0 Å².